The summed E-state index contributed by atoms with van der Waals surface area (Å²) in [7, 11) is 0. The number of fused-ring (bicyclic) bond motifs is 2. The van der Waals surface area contributed by atoms with Gasteiger partial charge in [0.15, 0.2) is 11.5 Å². The van der Waals surface area contributed by atoms with Crippen LogP contribution in [0.2, 0.25) is 0 Å². The number of hydrogen-bond donors (Lipinski definition) is 3. The Morgan fingerprint density at radius 2 is 1.93 bits per heavy atom. The van der Waals surface area contributed by atoms with Gasteiger partial charge in [0.05, 0.1) is 5.60 Å². The van der Waals surface area contributed by atoms with Crippen molar-refractivity contribution in [3.05, 3.63) is 54.0 Å². The Bertz CT molecular complexity index is 1500. The van der Waals surface area contributed by atoms with Crippen molar-refractivity contribution >= 4 is 23.0 Å². The van der Waals surface area contributed by atoms with Gasteiger partial charge in [-0.25, -0.2) is 9.37 Å². The number of benzene rings is 1. The minimum Gasteiger partial charge on any atom is -0.488 e. The zero-order valence-electron chi connectivity index (χ0n) is 21.6. The molecule has 0 radical (unpaired) electrons. The van der Waals surface area contributed by atoms with E-state index in [0.29, 0.717) is 28.7 Å². The molecule has 0 unspecified atom stereocenters. The first kappa shape index (κ1) is 29.1. The van der Waals surface area contributed by atoms with E-state index in [1.54, 1.807) is 26.0 Å². The van der Waals surface area contributed by atoms with Crippen molar-refractivity contribution in [2.24, 2.45) is 5.73 Å². The minimum absolute atomic E-state index is 0.0345. The number of halogens is 4. The molecule has 0 saturated carbocycles. The standard InChI is InChI=1S/C25H26F4N6O2.CH2O2/c1-24(2,36)13-37-19-10-16(26)9-14-3-5-18(31-21(14)19)23-33-32-20-6-4-15(11-35(20)23)22(25(27,28)29)34-8-7-17(30)12-34;2-1-3/h3-6,9-11,17,22,36H,7-8,12-13,30H2,1-2H3;1H,(H,2,3)/t17-,22+;/m0./s1. The topological polar surface area (TPSA) is 139 Å². The monoisotopic (exact) mass is 564 g/mol. The molecule has 4 aromatic rings. The fourth-order valence-corrected chi connectivity index (χ4v) is 4.56. The van der Waals surface area contributed by atoms with Crippen LogP contribution in [0.25, 0.3) is 28.1 Å². The second-order valence-electron chi connectivity index (χ2n) is 10.1. The third-order valence-corrected chi connectivity index (χ3v) is 6.20. The third kappa shape index (κ3) is 6.46. The number of alkyl halides is 3. The quantitative estimate of drug-likeness (QED) is 0.237. The van der Waals surface area contributed by atoms with Crippen molar-refractivity contribution in [2.75, 3.05) is 19.7 Å². The average Bonchev–Trinajstić information content (AvgIpc) is 3.47. The molecule has 10 nitrogen and oxygen atoms in total. The summed E-state index contributed by atoms with van der Waals surface area (Å²) in [5.74, 6) is -0.197. The highest BCUT2D eigenvalue weighted by molar-refractivity contribution is 5.86. The summed E-state index contributed by atoms with van der Waals surface area (Å²) < 4.78 is 63.7. The normalized spacial score (nSPS) is 17.1. The molecule has 0 spiro atoms. The average molecular weight is 565 g/mol. The number of aromatic nitrogens is 4. The number of nitrogens with two attached hydrogens (primary N) is 1. The van der Waals surface area contributed by atoms with Crippen molar-refractivity contribution in [2.45, 2.75) is 44.1 Å². The smallest absolute Gasteiger partial charge is 0.408 e. The number of hydrogen-bond acceptors (Lipinski definition) is 8. The summed E-state index contributed by atoms with van der Waals surface area (Å²) in [6.07, 6.45) is -2.65. The number of pyridine rings is 2. The van der Waals surface area contributed by atoms with Crippen molar-refractivity contribution in [3.8, 4) is 17.3 Å². The number of carboxylic acid groups (broad SMARTS) is 1. The maximum Gasteiger partial charge on any atom is 0.408 e. The molecule has 4 heterocycles. The fourth-order valence-electron chi connectivity index (χ4n) is 4.56. The molecular formula is C26H28F4N6O4. The van der Waals surface area contributed by atoms with Crippen LogP contribution in [0, 0.1) is 5.82 Å². The summed E-state index contributed by atoms with van der Waals surface area (Å²) in [6, 6.07) is 6.41. The molecule has 0 aliphatic carbocycles. The lowest BCUT2D eigenvalue weighted by Gasteiger charge is -2.30. The molecule has 1 fully saturated rings. The molecule has 5 rings (SSSR count). The largest absolute Gasteiger partial charge is 0.488 e. The second kappa shape index (κ2) is 11.3. The van der Waals surface area contributed by atoms with Gasteiger partial charge in [-0.3, -0.25) is 14.1 Å². The van der Waals surface area contributed by atoms with Crippen LogP contribution in [-0.2, 0) is 4.79 Å². The molecule has 1 saturated heterocycles. The van der Waals surface area contributed by atoms with E-state index in [-0.39, 0.29) is 49.3 Å². The van der Waals surface area contributed by atoms with Crippen molar-refractivity contribution in [1.82, 2.24) is 24.5 Å². The maximum absolute atomic E-state index is 14.2. The second-order valence-corrected chi connectivity index (χ2v) is 10.1. The Labute approximate surface area is 226 Å². The van der Waals surface area contributed by atoms with E-state index in [0.717, 1.165) is 0 Å². The van der Waals surface area contributed by atoms with Gasteiger partial charge in [0.2, 0.25) is 0 Å². The van der Waals surface area contributed by atoms with Gasteiger partial charge >= 0.3 is 6.18 Å². The number of aliphatic hydroxyl groups is 1. The Hall–Kier alpha value is -3.88. The SMILES string of the molecule is CC(C)(O)COc1cc(F)cc2ccc(-c3nnc4ccc([C@@H](N5CC[C@H](N)C5)C(F)(F)F)cn34)nc12.O=CO. The summed E-state index contributed by atoms with van der Waals surface area (Å²) in [5.41, 5.74) is 5.72. The first-order valence-electron chi connectivity index (χ1n) is 12.3. The number of rotatable bonds is 6. The van der Waals surface area contributed by atoms with Gasteiger partial charge in [0.25, 0.3) is 6.47 Å². The summed E-state index contributed by atoms with van der Waals surface area (Å²) in [6.45, 7) is 3.14. The lowest BCUT2D eigenvalue weighted by atomic mass is 10.1. The molecule has 214 valence electrons. The van der Waals surface area contributed by atoms with E-state index in [2.05, 4.69) is 15.2 Å². The highest BCUT2D eigenvalue weighted by atomic mass is 19.4. The van der Waals surface area contributed by atoms with E-state index >= 15 is 0 Å². The summed E-state index contributed by atoms with van der Waals surface area (Å²) in [4.78, 5) is 14.3. The van der Waals surface area contributed by atoms with Crippen molar-refractivity contribution < 1.29 is 37.3 Å². The Morgan fingerprint density at radius 3 is 2.55 bits per heavy atom. The lowest BCUT2D eigenvalue weighted by Crippen LogP contribution is -2.38. The summed E-state index contributed by atoms with van der Waals surface area (Å²) in [5, 5.41) is 25.6. The Morgan fingerprint density at radius 1 is 1.20 bits per heavy atom. The highest BCUT2D eigenvalue weighted by Gasteiger charge is 2.46. The molecule has 1 aliphatic heterocycles. The van der Waals surface area contributed by atoms with Crippen LogP contribution in [0.1, 0.15) is 31.9 Å². The maximum atomic E-state index is 14.2. The van der Waals surface area contributed by atoms with E-state index in [9.17, 15) is 22.7 Å². The molecule has 4 N–H and O–H groups in total. The molecule has 3 aromatic heterocycles. The van der Waals surface area contributed by atoms with E-state index in [4.69, 9.17) is 20.4 Å². The van der Waals surface area contributed by atoms with Gasteiger partial charge < -0.3 is 20.7 Å². The van der Waals surface area contributed by atoms with E-state index < -0.39 is 23.6 Å². The zero-order valence-corrected chi connectivity index (χ0v) is 21.6. The van der Waals surface area contributed by atoms with Crippen LogP contribution in [0.3, 0.4) is 0 Å². The van der Waals surface area contributed by atoms with Gasteiger partial charge in [-0.2, -0.15) is 13.2 Å². The summed E-state index contributed by atoms with van der Waals surface area (Å²) >= 11 is 0. The molecular weight excluding hydrogens is 536 g/mol. The minimum atomic E-state index is -4.51. The van der Waals surface area contributed by atoms with Crippen LogP contribution in [0.15, 0.2) is 42.6 Å². The van der Waals surface area contributed by atoms with Crippen LogP contribution in [0.5, 0.6) is 5.75 Å². The van der Waals surface area contributed by atoms with Crippen molar-refractivity contribution in [1.29, 1.82) is 0 Å². The predicted molar refractivity (Wildman–Crippen MR) is 137 cm³/mol. The number of ether oxygens (including phenoxy) is 1. The Balaban J connectivity index is 0.00000118. The van der Waals surface area contributed by atoms with E-state index in [1.165, 1.54) is 39.8 Å². The number of nitrogens with zero attached hydrogens (tertiary/aromatic N) is 5. The predicted octanol–water partition coefficient (Wildman–Crippen LogP) is 3.57. The van der Waals surface area contributed by atoms with Crippen LogP contribution < -0.4 is 10.5 Å². The van der Waals surface area contributed by atoms with Gasteiger partial charge in [0, 0.05) is 36.8 Å². The zero-order chi connectivity index (χ0) is 29.2. The number of likely N-dealkylation sites (tertiary alicyclic amines) is 1. The molecule has 1 aliphatic rings. The highest BCUT2D eigenvalue weighted by Crippen LogP contribution is 2.39. The molecule has 1 aromatic carbocycles. The van der Waals surface area contributed by atoms with Gasteiger partial charge in [-0.1, -0.05) is 12.1 Å². The van der Waals surface area contributed by atoms with Gasteiger partial charge in [-0.05, 0) is 44.0 Å². The molecule has 0 amide bonds. The molecule has 2 atom stereocenters. The molecule has 0 bridgehead atoms. The number of carbonyl (C=O) groups is 1. The fraction of sp³-hybridized carbons (Fsp3) is 0.385. The van der Waals surface area contributed by atoms with Gasteiger partial charge in [-0.15, -0.1) is 10.2 Å². The van der Waals surface area contributed by atoms with E-state index in [1.807, 2.05) is 0 Å². The van der Waals surface area contributed by atoms with Crippen LogP contribution in [0.4, 0.5) is 17.6 Å². The molecule has 14 heteroatoms. The first-order chi connectivity index (χ1) is 18.8. The third-order valence-electron chi connectivity index (χ3n) is 6.20. The van der Waals surface area contributed by atoms with Crippen LogP contribution >= 0.6 is 0 Å². The first-order valence-corrected chi connectivity index (χ1v) is 12.3. The van der Waals surface area contributed by atoms with Crippen LogP contribution in [-0.4, -0.2) is 78.7 Å². The lowest BCUT2D eigenvalue weighted by molar-refractivity contribution is -0.183. The van der Waals surface area contributed by atoms with Crippen molar-refractivity contribution in [3.63, 3.8) is 0 Å². The Kier molecular flexibility index (Phi) is 8.23. The van der Waals surface area contributed by atoms with Gasteiger partial charge in [0.1, 0.15) is 35.4 Å². The molecule has 40 heavy (non-hydrogen) atoms.